The van der Waals surface area contributed by atoms with Crippen LogP contribution in [0.3, 0.4) is 0 Å². The Morgan fingerprint density at radius 2 is 2.20 bits per heavy atom. The molecular formula is C10H8BrClOS2. The normalized spacial score (nSPS) is 12.7. The second-order valence-corrected chi connectivity index (χ2v) is 6.17. The first-order chi connectivity index (χ1) is 7.22. The Bertz CT molecular complexity index is 452. The summed E-state index contributed by atoms with van der Waals surface area (Å²) in [5.41, 5.74) is 0. The molecule has 0 aliphatic rings. The van der Waals surface area contributed by atoms with Gasteiger partial charge in [0.1, 0.15) is 5.38 Å². The van der Waals surface area contributed by atoms with Gasteiger partial charge in [0, 0.05) is 14.2 Å². The van der Waals surface area contributed by atoms with Gasteiger partial charge in [0.05, 0.1) is 7.11 Å². The maximum absolute atomic E-state index is 6.38. The third-order valence-electron chi connectivity index (χ3n) is 1.93. The van der Waals surface area contributed by atoms with E-state index in [0.717, 1.165) is 19.3 Å². The highest BCUT2D eigenvalue weighted by atomic mass is 79.9. The molecule has 1 unspecified atom stereocenters. The summed E-state index contributed by atoms with van der Waals surface area (Å²) in [5, 5.41) is 2.83. The maximum Gasteiger partial charge on any atom is 0.173 e. The van der Waals surface area contributed by atoms with Crippen molar-refractivity contribution in [3.05, 3.63) is 37.8 Å². The van der Waals surface area contributed by atoms with Crippen LogP contribution in [-0.2, 0) is 0 Å². The summed E-state index contributed by atoms with van der Waals surface area (Å²) in [7, 11) is 1.67. The van der Waals surface area contributed by atoms with Crippen molar-refractivity contribution in [1.82, 2.24) is 0 Å². The average molecular weight is 324 g/mol. The molecule has 80 valence electrons. The van der Waals surface area contributed by atoms with E-state index in [1.54, 1.807) is 29.8 Å². The minimum absolute atomic E-state index is 0.0896. The molecular weight excluding hydrogens is 316 g/mol. The lowest BCUT2D eigenvalue weighted by atomic mass is 10.3. The Labute approximate surface area is 110 Å². The molecule has 0 spiro atoms. The Morgan fingerprint density at radius 1 is 1.40 bits per heavy atom. The molecule has 1 atom stereocenters. The van der Waals surface area contributed by atoms with Crippen LogP contribution < -0.4 is 4.74 Å². The number of hydrogen-bond acceptors (Lipinski definition) is 3. The van der Waals surface area contributed by atoms with Crippen molar-refractivity contribution in [2.45, 2.75) is 5.38 Å². The monoisotopic (exact) mass is 322 g/mol. The first-order valence-corrected chi connectivity index (χ1v) is 7.15. The van der Waals surface area contributed by atoms with Crippen LogP contribution in [0.4, 0.5) is 0 Å². The van der Waals surface area contributed by atoms with Gasteiger partial charge in [-0.1, -0.05) is 0 Å². The van der Waals surface area contributed by atoms with Crippen LogP contribution in [-0.4, -0.2) is 7.11 Å². The van der Waals surface area contributed by atoms with Gasteiger partial charge in [0.25, 0.3) is 0 Å². The van der Waals surface area contributed by atoms with E-state index in [2.05, 4.69) is 15.9 Å². The lowest BCUT2D eigenvalue weighted by molar-refractivity contribution is 0.427. The van der Waals surface area contributed by atoms with Crippen LogP contribution in [0.25, 0.3) is 0 Å². The molecule has 2 rings (SSSR count). The van der Waals surface area contributed by atoms with Gasteiger partial charge in [-0.2, -0.15) is 0 Å². The summed E-state index contributed by atoms with van der Waals surface area (Å²) in [4.78, 5) is 2.25. The number of alkyl halides is 1. The van der Waals surface area contributed by atoms with Crippen LogP contribution >= 0.6 is 50.2 Å². The summed E-state index contributed by atoms with van der Waals surface area (Å²) in [5.74, 6) is 0. The molecule has 1 nitrogen and oxygen atoms in total. The van der Waals surface area contributed by atoms with Crippen LogP contribution in [0.1, 0.15) is 15.1 Å². The zero-order chi connectivity index (χ0) is 10.8. The van der Waals surface area contributed by atoms with Crippen LogP contribution in [0.15, 0.2) is 28.1 Å². The first-order valence-electron chi connectivity index (χ1n) is 4.23. The fourth-order valence-electron chi connectivity index (χ4n) is 1.20. The topological polar surface area (TPSA) is 9.23 Å². The quantitative estimate of drug-likeness (QED) is 0.729. The number of ether oxygens (including phenoxy) is 1. The van der Waals surface area contributed by atoms with Crippen LogP contribution in [0.5, 0.6) is 5.06 Å². The lowest BCUT2D eigenvalue weighted by Crippen LogP contribution is -1.85. The van der Waals surface area contributed by atoms with Crippen molar-refractivity contribution >= 4 is 50.2 Å². The molecule has 5 heteroatoms. The van der Waals surface area contributed by atoms with Crippen molar-refractivity contribution in [3.63, 3.8) is 0 Å². The van der Waals surface area contributed by atoms with Gasteiger partial charge < -0.3 is 4.74 Å². The highest BCUT2D eigenvalue weighted by Gasteiger charge is 2.17. The van der Waals surface area contributed by atoms with Crippen molar-refractivity contribution in [3.8, 4) is 5.06 Å². The lowest BCUT2D eigenvalue weighted by Gasteiger charge is -2.04. The number of methoxy groups -OCH3 is 1. The zero-order valence-corrected chi connectivity index (χ0v) is 11.8. The molecule has 0 radical (unpaired) electrons. The maximum atomic E-state index is 6.38. The third kappa shape index (κ3) is 2.38. The van der Waals surface area contributed by atoms with Gasteiger partial charge in [-0.3, -0.25) is 0 Å². The fraction of sp³-hybridized carbons (Fsp3) is 0.200. The molecule has 2 heterocycles. The van der Waals surface area contributed by atoms with Crippen molar-refractivity contribution < 1.29 is 4.74 Å². The smallest absolute Gasteiger partial charge is 0.173 e. The molecule has 0 aliphatic carbocycles. The predicted molar refractivity (Wildman–Crippen MR) is 70.6 cm³/mol. The third-order valence-corrected chi connectivity index (χ3v) is 5.69. The molecule has 15 heavy (non-hydrogen) atoms. The van der Waals surface area contributed by atoms with E-state index in [0.29, 0.717) is 0 Å². The first kappa shape index (κ1) is 11.5. The summed E-state index contributed by atoms with van der Waals surface area (Å²) in [6, 6.07) is 5.96. The van der Waals surface area contributed by atoms with Gasteiger partial charge in [-0.05, 0) is 39.5 Å². The number of thiophene rings is 2. The second kappa shape index (κ2) is 4.87. The van der Waals surface area contributed by atoms with Gasteiger partial charge in [-0.25, -0.2) is 0 Å². The SMILES string of the molecule is COc1ccc(C(Cl)c2sccc2Br)s1. The van der Waals surface area contributed by atoms with E-state index in [1.807, 2.05) is 23.6 Å². The predicted octanol–water partition coefficient (Wildman–Crippen LogP) is 4.91. The summed E-state index contributed by atoms with van der Waals surface area (Å²) in [6.07, 6.45) is 0. The van der Waals surface area contributed by atoms with Gasteiger partial charge in [0.2, 0.25) is 0 Å². The zero-order valence-electron chi connectivity index (χ0n) is 7.87. The van der Waals surface area contributed by atoms with Gasteiger partial charge in [-0.15, -0.1) is 34.3 Å². The molecule has 0 bridgehead atoms. The van der Waals surface area contributed by atoms with Crippen molar-refractivity contribution in [2.24, 2.45) is 0 Å². The van der Waals surface area contributed by atoms with Gasteiger partial charge in [0.15, 0.2) is 5.06 Å². The Balaban J connectivity index is 2.28. The van der Waals surface area contributed by atoms with Crippen molar-refractivity contribution in [2.75, 3.05) is 7.11 Å². The standard InChI is InChI=1S/C10H8BrClOS2/c1-13-8-3-2-7(15-8)9(12)10-6(11)4-5-14-10/h2-5,9H,1H3. The summed E-state index contributed by atoms with van der Waals surface area (Å²) in [6.45, 7) is 0. The number of rotatable bonds is 3. The Kier molecular flexibility index (Phi) is 3.72. The van der Waals surface area contributed by atoms with E-state index in [9.17, 15) is 0 Å². The number of halogens is 2. The van der Waals surface area contributed by atoms with E-state index in [1.165, 1.54) is 0 Å². The molecule has 0 aromatic carbocycles. The molecule has 0 saturated heterocycles. The highest BCUT2D eigenvalue weighted by molar-refractivity contribution is 9.10. The largest absolute Gasteiger partial charge is 0.487 e. The van der Waals surface area contributed by atoms with Gasteiger partial charge >= 0.3 is 0 Å². The average Bonchev–Trinajstić information content (AvgIpc) is 2.84. The van der Waals surface area contributed by atoms with Crippen LogP contribution in [0.2, 0.25) is 0 Å². The molecule has 0 amide bonds. The molecule has 0 fully saturated rings. The summed E-state index contributed by atoms with van der Waals surface area (Å²) >= 11 is 13.1. The number of hydrogen-bond donors (Lipinski definition) is 0. The second-order valence-electron chi connectivity index (χ2n) is 2.86. The molecule has 0 aliphatic heterocycles. The minimum atomic E-state index is -0.0896. The Hall–Kier alpha value is -0.0300. The molecule has 2 aromatic heterocycles. The molecule has 0 N–H and O–H groups in total. The highest BCUT2D eigenvalue weighted by Crippen LogP contribution is 2.41. The van der Waals surface area contributed by atoms with Crippen molar-refractivity contribution in [1.29, 1.82) is 0 Å². The van der Waals surface area contributed by atoms with E-state index >= 15 is 0 Å². The molecule has 0 saturated carbocycles. The van der Waals surface area contributed by atoms with E-state index in [4.69, 9.17) is 16.3 Å². The van der Waals surface area contributed by atoms with E-state index in [-0.39, 0.29) is 5.38 Å². The van der Waals surface area contributed by atoms with Crippen LogP contribution in [0, 0.1) is 0 Å². The fourth-order valence-corrected chi connectivity index (χ4v) is 4.28. The summed E-state index contributed by atoms with van der Waals surface area (Å²) < 4.78 is 6.21. The van der Waals surface area contributed by atoms with E-state index < -0.39 is 0 Å². The minimum Gasteiger partial charge on any atom is -0.487 e. The Morgan fingerprint density at radius 3 is 2.73 bits per heavy atom. The molecule has 2 aromatic rings.